The van der Waals surface area contributed by atoms with Crippen LogP contribution in [0.15, 0.2) is 24.3 Å². The highest BCUT2D eigenvalue weighted by Gasteiger charge is 2.32. The molecule has 1 amide bonds. The van der Waals surface area contributed by atoms with Crippen molar-refractivity contribution >= 4 is 18.0 Å². The number of hydrogen-bond acceptors (Lipinski definition) is 2. The van der Waals surface area contributed by atoms with E-state index in [1.807, 2.05) is 18.2 Å². The lowest BCUT2D eigenvalue weighted by Gasteiger charge is -2.33. The minimum Gasteiger partial charge on any atom is -0.480 e. The van der Waals surface area contributed by atoms with Crippen molar-refractivity contribution in [3.63, 3.8) is 0 Å². The largest absolute Gasteiger partial charge is 0.480 e. The fourth-order valence-corrected chi connectivity index (χ4v) is 3.16. The molecule has 110 valence electrons. The number of hydrogen-bond donors (Lipinski definition) is 1. The molecular formula is C17H19NO3. The van der Waals surface area contributed by atoms with E-state index in [-0.39, 0.29) is 5.91 Å². The molecule has 3 rings (SSSR count). The van der Waals surface area contributed by atoms with Gasteiger partial charge in [0, 0.05) is 12.1 Å². The van der Waals surface area contributed by atoms with Gasteiger partial charge in [0.25, 0.3) is 5.91 Å². The molecule has 1 aliphatic heterocycles. The number of carboxylic acid groups (broad SMARTS) is 1. The van der Waals surface area contributed by atoms with E-state index in [4.69, 9.17) is 0 Å². The Bertz CT molecular complexity index is 606. The topological polar surface area (TPSA) is 57.6 Å². The van der Waals surface area contributed by atoms with Gasteiger partial charge in [0.1, 0.15) is 6.04 Å². The van der Waals surface area contributed by atoms with Crippen molar-refractivity contribution < 1.29 is 14.7 Å². The van der Waals surface area contributed by atoms with E-state index < -0.39 is 12.0 Å². The predicted octanol–water partition coefficient (Wildman–Crippen LogP) is 2.73. The number of fused-ring (bicyclic) bond motifs is 1. The summed E-state index contributed by atoms with van der Waals surface area (Å²) in [5.41, 5.74) is 2.94. The molecule has 0 spiro atoms. The summed E-state index contributed by atoms with van der Waals surface area (Å²) in [7, 11) is 0. The summed E-state index contributed by atoms with van der Waals surface area (Å²) in [6, 6.07) is 5.01. The van der Waals surface area contributed by atoms with E-state index in [1.165, 1.54) is 10.5 Å². The zero-order chi connectivity index (χ0) is 14.8. The minimum atomic E-state index is -0.899. The molecule has 0 radical (unpaired) electrons. The lowest BCUT2D eigenvalue weighted by molar-refractivity contribution is -0.143. The van der Waals surface area contributed by atoms with Gasteiger partial charge in [0.2, 0.25) is 0 Å². The molecule has 1 saturated heterocycles. The fourth-order valence-electron chi connectivity index (χ4n) is 3.16. The summed E-state index contributed by atoms with van der Waals surface area (Å²) in [6.07, 6.45) is 8.44. The second kappa shape index (κ2) is 5.72. The average Bonchev–Trinajstić information content (AvgIpc) is 2.53. The van der Waals surface area contributed by atoms with Crippen LogP contribution in [-0.2, 0) is 11.2 Å². The van der Waals surface area contributed by atoms with Crippen LogP contribution < -0.4 is 0 Å². The Hall–Kier alpha value is -2.10. The molecule has 1 fully saturated rings. The van der Waals surface area contributed by atoms with E-state index in [9.17, 15) is 14.7 Å². The number of carbonyl (C=O) groups excluding carboxylic acids is 1. The van der Waals surface area contributed by atoms with Gasteiger partial charge in [0.15, 0.2) is 0 Å². The molecule has 1 atom stereocenters. The van der Waals surface area contributed by atoms with Gasteiger partial charge in [0.05, 0.1) is 0 Å². The van der Waals surface area contributed by atoms with Gasteiger partial charge in [-0.05, 0) is 55.4 Å². The van der Waals surface area contributed by atoms with Crippen molar-refractivity contribution in [1.29, 1.82) is 0 Å². The van der Waals surface area contributed by atoms with Gasteiger partial charge in [-0.3, -0.25) is 4.79 Å². The Kier molecular flexibility index (Phi) is 3.78. The maximum absolute atomic E-state index is 12.6. The van der Waals surface area contributed by atoms with Crippen LogP contribution in [0.5, 0.6) is 0 Å². The zero-order valence-corrected chi connectivity index (χ0v) is 11.9. The standard InChI is InChI=1S/C17H19NO3/c19-16(18-10-4-3-7-15(18)17(20)21)14-9-8-12-5-1-2-6-13(12)11-14/h1,5,8-9,11,15H,2-4,6-7,10H2,(H,20,21)/t15-/m1/s1. The minimum absolute atomic E-state index is 0.153. The molecule has 1 heterocycles. The molecular weight excluding hydrogens is 266 g/mol. The van der Waals surface area contributed by atoms with Crippen molar-refractivity contribution in [2.24, 2.45) is 0 Å². The number of rotatable bonds is 2. The van der Waals surface area contributed by atoms with Crippen molar-refractivity contribution in [2.75, 3.05) is 6.54 Å². The van der Waals surface area contributed by atoms with Gasteiger partial charge >= 0.3 is 5.97 Å². The molecule has 0 aromatic heterocycles. The van der Waals surface area contributed by atoms with E-state index in [0.29, 0.717) is 18.5 Å². The number of amides is 1. The average molecular weight is 285 g/mol. The van der Waals surface area contributed by atoms with Crippen molar-refractivity contribution in [3.8, 4) is 0 Å². The molecule has 1 aromatic carbocycles. The van der Waals surface area contributed by atoms with Crippen LogP contribution in [0, 0.1) is 0 Å². The summed E-state index contributed by atoms with van der Waals surface area (Å²) >= 11 is 0. The Morgan fingerprint density at radius 3 is 2.90 bits per heavy atom. The third-order valence-electron chi connectivity index (χ3n) is 4.32. The van der Waals surface area contributed by atoms with Crippen molar-refractivity contribution in [1.82, 2.24) is 4.90 Å². The number of piperidine rings is 1. The molecule has 0 unspecified atom stereocenters. The summed E-state index contributed by atoms with van der Waals surface area (Å²) in [5, 5.41) is 9.29. The summed E-state index contributed by atoms with van der Waals surface area (Å²) < 4.78 is 0. The number of aliphatic carboxylic acids is 1. The maximum atomic E-state index is 12.6. The van der Waals surface area contributed by atoms with E-state index in [1.54, 1.807) is 0 Å². The molecule has 21 heavy (non-hydrogen) atoms. The second-order valence-electron chi connectivity index (χ2n) is 5.70. The number of aryl methyl sites for hydroxylation is 1. The Balaban J connectivity index is 1.87. The smallest absolute Gasteiger partial charge is 0.326 e. The third-order valence-corrected chi connectivity index (χ3v) is 4.32. The molecule has 2 aliphatic rings. The molecule has 0 bridgehead atoms. The predicted molar refractivity (Wildman–Crippen MR) is 80.1 cm³/mol. The van der Waals surface area contributed by atoms with Crippen LogP contribution >= 0.6 is 0 Å². The van der Waals surface area contributed by atoms with Crippen LogP contribution in [0.2, 0.25) is 0 Å². The van der Waals surface area contributed by atoms with Gasteiger partial charge in [-0.15, -0.1) is 0 Å². The van der Waals surface area contributed by atoms with Gasteiger partial charge in [-0.1, -0.05) is 18.2 Å². The molecule has 1 aliphatic carbocycles. The lowest BCUT2D eigenvalue weighted by atomic mass is 9.94. The van der Waals surface area contributed by atoms with Gasteiger partial charge < -0.3 is 10.0 Å². The number of allylic oxidation sites excluding steroid dienone is 1. The lowest BCUT2D eigenvalue weighted by Crippen LogP contribution is -2.48. The van der Waals surface area contributed by atoms with Crippen LogP contribution in [-0.4, -0.2) is 34.5 Å². The highest BCUT2D eigenvalue weighted by molar-refractivity contribution is 5.97. The number of carbonyl (C=O) groups is 2. The normalized spacial score (nSPS) is 21.0. The molecule has 0 saturated carbocycles. The number of likely N-dealkylation sites (tertiary alicyclic amines) is 1. The number of nitrogens with zero attached hydrogens (tertiary/aromatic N) is 1. The molecule has 1 aromatic rings. The fraction of sp³-hybridized carbons (Fsp3) is 0.412. The first-order chi connectivity index (χ1) is 10.2. The summed E-state index contributed by atoms with van der Waals surface area (Å²) in [5.74, 6) is -1.05. The van der Waals surface area contributed by atoms with Gasteiger partial charge in [-0.25, -0.2) is 4.79 Å². The summed E-state index contributed by atoms with van der Waals surface area (Å²) in [6.45, 7) is 0.535. The van der Waals surface area contributed by atoms with Crippen LogP contribution in [0.3, 0.4) is 0 Å². The quantitative estimate of drug-likeness (QED) is 0.909. The highest BCUT2D eigenvalue weighted by atomic mass is 16.4. The highest BCUT2D eigenvalue weighted by Crippen LogP contribution is 2.24. The van der Waals surface area contributed by atoms with Crippen LogP contribution in [0.25, 0.3) is 6.08 Å². The van der Waals surface area contributed by atoms with Crippen molar-refractivity contribution in [2.45, 2.75) is 38.1 Å². The molecule has 1 N–H and O–H groups in total. The second-order valence-corrected chi connectivity index (χ2v) is 5.70. The van der Waals surface area contributed by atoms with E-state index >= 15 is 0 Å². The first-order valence-electron chi connectivity index (χ1n) is 7.50. The van der Waals surface area contributed by atoms with Crippen LogP contribution in [0.1, 0.15) is 47.2 Å². The third kappa shape index (κ3) is 2.71. The Labute approximate surface area is 124 Å². The first kappa shape index (κ1) is 13.9. The monoisotopic (exact) mass is 285 g/mol. The Morgan fingerprint density at radius 1 is 1.24 bits per heavy atom. The van der Waals surface area contributed by atoms with E-state index in [0.717, 1.165) is 31.2 Å². The summed E-state index contributed by atoms with van der Waals surface area (Å²) in [4.78, 5) is 25.5. The SMILES string of the molecule is O=C(O)[C@H]1CCCCN1C(=O)c1ccc2c(c1)CCC=C2. The maximum Gasteiger partial charge on any atom is 0.326 e. The van der Waals surface area contributed by atoms with Gasteiger partial charge in [-0.2, -0.15) is 0 Å². The number of carboxylic acids is 1. The zero-order valence-electron chi connectivity index (χ0n) is 11.9. The van der Waals surface area contributed by atoms with Crippen LogP contribution in [0.4, 0.5) is 0 Å². The first-order valence-corrected chi connectivity index (χ1v) is 7.50. The Morgan fingerprint density at radius 2 is 2.10 bits per heavy atom. The molecule has 4 heteroatoms. The molecule has 4 nitrogen and oxygen atoms in total. The van der Waals surface area contributed by atoms with E-state index in [2.05, 4.69) is 12.2 Å². The number of benzene rings is 1. The van der Waals surface area contributed by atoms with Crippen molar-refractivity contribution in [3.05, 3.63) is 41.0 Å².